The number of hydrogen-bond acceptors (Lipinski definition) is 9. The lowest BCUT2D eigenvalue weighted by atomic mass is 10.1. The van der Waals surface area contributed by atoms with Crippen LogP contribution in [0.3, 0.4) is 0 Å². The summed E-state index contributed by atoms with van der Waals surface area (Å²) in [6.07, 6.45) is -0.241. The van der Waals surface area contributed by atoms with Crippen molar-refractivity contribution in [2.24, 2.45) is 0 Å². The second-order valence-corrected chi connectivity index (χ2v) is 7.97. The first-order valence-corrected chi connectivity index (χ1v) is 10.4. The third-order valence-corrected chi connectivity index (χ3v) is 5.74. The molecule has 28 heavy (non-hydrogen) atoms. The Bertz CT molecular complexity index is 1020. The van der Waals surface area contributed by atoms with Crippen LogP contribution in [0.1, 0.15) is 18.4 Å². The molecule has 7 nitrogen and oxygen atoms in total. The first-order chi connectivity index (χ1) is 13.5. The monoisotopic (exact) mass is 417 g/mol. The fourth-order valence-corrected chi connectivity index (χ4v) is 4.32. The molecular weight excluding hydrogens is 398 g/mol. The minimum atomic E-state index is -0.512. The molecule has 3 rings (SSSR count). The van der Waals surface area contributed by atoms with E-state index in [4.69, 9.17) is 9.47 Å². The summed E-state index contributed by atoms with van der Waals surface area (Å²) in [6.45, 7) is 3.88. The second-order valence-electron chi connectivity index (χ2n) is 5.81. The molecule has 0 spiro atoms. The summed E-state index contributed by atoms with van der Waals surface area (Å²) in [6, 6.07) is 7.60. The van der Waals surface area contributed by atoms with Gasteiger partial charge in [-0.15, -0.1) is 21.5 Å². The van der Waals surface area contributed by atoms with Crippen LogP contribution in [0.4, 0.5) is 0 Å². The van der Waals surface area contributed by atoms with Crippen LogP contribution in [0.2, 0.25) is 0 Å². The number of esters is 1. The van der Waals surface area contributed by atoms with Gasteiger partial charge in [-0.3, -0.25) is 9.59 Å². The second kappa shape index (κ2) is 9.11. The lowest BCUT2D eigenvalue weighted by Crippen LogP contribution is -2.12. The smallest absolute Gasteiger partial charge is 0.313 e. The van der Waals surface area contributed by atoms with Crippen LogP contribution in [0.15, 0.2) is 29.3 Å². The maximum absolute atomic E-state index is 12.0. The molecule has 2 heterocycles. The molecule has 0 unspecified atom stereocenters. The van der Waals surface area contributed by atoms with Crippen LogP contribution in [0.5, 0.6) is 5.75 Å². The van der Waals surface area contributed by atoms with E-state index in [0.717, 1.165) is 26.7 Å². The highest BCUT2D eigenvalue weighted by atomic mass is 32.2. The van der Waals surface area contributed by atoms with Gasteiger partial charge < -0.3 is 9.47 Å². The third-order valence-electron chi connectivity index (χ3n) is 3.75. The van der Waals surface area contributed by atoms with E-state index in [1.54, 1.807) is 14.0 Å². The molecule has 0 aliphatic rings. The Morgan fingerprint density at radius 1 is 1.25 bits per heavy atom. The quantitative estimate of drug-likeness (QED) is 0.311. The lowest BCUT2D eigenvalue weighted by molar-refractivity contribution is -0.145. The Morgan fingerprint density at radius 3 is 2.82 bits per heavy atom. The van der Waals surface area contributed by atoms with Crippen molar-refractivity contribution in [2.45, 2.75) is 25.3 Å². The topological polar surface area (TPSA) is 91.3 Å². The maximum atomic E-state index is 12.0. The fraction of sp³-hybridized carbons (Fsp3) is 0.316. The number of aryl methyl sites for hydroxylation is 1. The van der Waals surface area contributed by atoms with E-state index >= 15 is 0 Å². The van der Waals surface area contributed by atoms with Gasteiger partial charge in [0, 0.05) is 5.56 Å². The van der Waals surface area contributed by atoms with E-state index in [0.29, 0.717) is 10.5 Å². The lowest BCUT2D eigenvalue weighted by Gasteiger charge is -2.06. The average molecular weight is 418 g/mol. The molecule has 0 aliphatic heterocycles. The molecule has 0 radical (unpaired) electrons. The van der Waals surface area contributed by atoms with Crippen LogP contribution in [-0.2, 0) is 14.3 Å². The van der Waals surface area contributed by atoms with Gasteiger partial charge >= 0.3 is 5.97 Å². The molecule has 146 valence electrons. The molecular formula is C19H19N3O4S2. The first-order valence-electron chi connectivity index (χ1n) is 8.60. The van der Waals surface area contributed by atoms with Crippen molar-refractivity contribution in [1.29, 1.82) is 0 Å². The number of carbonyl (C=O) groups excluding carboxylic acids is 2. The van der Waals surface area contributed by atoms with Gasteiger partial charge in [-0.05, 0) is 26.0 Å². The minimum Gasteiger partial charge on any atom is -0.497 e. The van der Waals surface area contributed by atoms with Crippen molar-refractivity contribution in [3.63, 3.8) is 0 Å². The van der Waals surface area contributed by atoms with Gasteiger partial charge in [-0.25, -0.2) is 4.98 Å². The van der Waals surface area contributed by atoms with E-state index in [9.17, 15) is 9.59 Å². The fourth-order valence-electron chi connectivity index (χ4n) is 2.55. The number of benzene rings is 1. The van der Waals surface area contributed by atoms with Gasteiger partial charge in [0.2, 0.25) is 0 Å². The third kappa shape index (κ3) is 4.66. The van der Waals surface area contributed by atoms with E-state index in [2.05, 4.69) is 15.2 Å². The standard InChI is InChI=1S/C19H19N3O4S2/c1-4-26-15(24)9-13(23)10-27-19-17-18(28-11(2)20-17)16(21-22-19)12-6-5-7-14(8-12)25-3/h5-8H,4,9-10H2,1-3H3. The zero-order chi connectivity index (χ0) is 20.1. The molecule has 0 amide bonds. The van der Waals surface area contributed by atoms with Gasteiger partial charge in [0.1, 0.15) is 28.4 Å². The van der Waals surface area contributed by atoms with Crippen LogP contribution >= 0.6 is 23.1 Å². The number of thioether (sulfide) groups is 1. The van der Waals surface area contributed by atoms with Gasteiger partial charge in [0.05, 0.1) is 29.2 Å². The zero-order valence-corrected chi connectivity index (χ0v) is 17.4. The highest BCUT2D eigenvalue weighted by molar-refractivity contribution is 8.00. The van der Waals surface area contributed by atoms with Gasteiger partial charge in [0.25, 0.3) is 0 Å². The molecule has 0 saturated heterocycles. The van der Waals surface area contributed by atoms with E-state index in [-0.39, 0.29) is 24.6 Å². The number of methoxy groups -OCH3 is 1. The summed E-state index contributed by atoms with van der Waals surface area (Å²) in [4.78, 5) is 28.0. The number of fused-ring (bicyclic) bond motifs is 1. The van der Waals surface area contributed by atoms with Crippen molar-refractivity contribution in [3.05, 3.63) is 29.3 Å². The molecule has 3 aromatic rings. The van der Waals surface area contributed by atoms with Crippen molar-refractivity contribution in [2.75, 3.05) is 19.5 Å². The van der Waals surface area contributed by atoms with Crippen molar-refractivity contribution < 1.29 is 19.1 Å². The number of Topliss-reactive ketones (excluding diaryl/α,β-unsaturated/α-hetero) is 1. The van der Waals surface area contributed by atoms with E-state index in [1.165, 1.54) is 23.1 Å². The Morgan fingerprint density at radius 2 is 2.07 bits per heavy atom. The Labute approximate surface area is 170 Å². The SMILES string of the molecule is CCOC(=O)CC(=O)CSc1nnc(-c2cccc(OC)c2)c2sc(C)nc12. The minimum absolute atomic E-state index is 0.109. The van der Waals surface area contributed by atoms with Crippen molar-refractivity contribution in [3.8, 4) is 17.0 Å². The van der Waals surface area contributed by atoms with Gasteiger partial charge in [-0.2, -0.15) is 0 Å². The number of ketones is 1. The van der Waals surface area contributed by atoms with E-state index < -0.39 is 5.97 Å². The number of hydrogen-bond donors (Lipinski definition) is 0. The molecule has 0 fully saturated rings. The molecule has 0 aliphatic carbocycles. The highest BCUT2D eigenvalue weighted by Crippen LogP contribution is 2.36. The summed E-state index contributed by atoms with van der Waals surface area (Å²) >= 11 is 2.76. The number of aromatic nitrogens is 3. The number of nitrogens with zero attached hydrogens (tertiary/aromatic N) is 3. The molecule has 0 bridgehead atoms. The van der Waals surface area contributed by atoms with Crippen LogP contribution in [0.25, 0.3) is 21.5 Å². The highest BCUT2D eigenvalue weighted by Gasteiger charge is 2.18. The molecule has 1 aromatic carbocycles. The number of ether oxygens (including phenoxy) is 2. The Balaban J connectivity index is 1.86. The molecule has 2 aromatic heterocycles. The van der Waals surface area contributed by atoms with Crippen LogP contribution < -0.4 is 4.74 Å². The Hall–Kier alpha value is -2.52. The summed E-state index contributed by atoms with van der Waals surface area (Å²) in [5.74, 6) is 0.110. The number of thiazole rings is 1. The molecule has 0 N–H and O–H groups in total. The van der Waals surface area contributed by atoms with Crippen LogP contribution in [0, 0.1) is 6.92 Å². The Kier molecular flexibility index (Phi) is 6.58. The predicted octanol–water partition coefficient (Wildman–Crippen LogP) is 3.68. The van der Waals surface area contributed by atoms with Crippen molar-refractivity contribution >= 4 is 45.1 Å². The summed E-state index contributed by atoms with van der Waals surface area (Å²) in [5, 5.41) is 10.1. The van der Waals surface area contributed by atoms with E-state index in [1.807, 2.05) is 31.2 Å². The summed E-state index contributed by atoms with van der Waals surface area (Å²) in [7, 11) is 1.62. The van der Waals surface area contributed by atoms with Crippen molar-refractivity contribution in [1.82, 2.24) is 15.2 Å². The van der Waals surface area contributed by atoms with Gasteiger partial charge in [0.15, 0.2) is 5.78 Å². The van der Waals surface area contributed by atoms with Crippen LogP contribution in [-0.4, -0.2) is 46.4 Å². The molecule has 9 heteroatoms. The number of carbonyl (C=O) groups is 2. The largest absolute Gasteiger partial charge is 0.497 e. The summed E-state index contributed by atoms with van der Waals surface area (Å²) in [5.41, 5.74) is 2.32. The zero-order valence-electron chi connectivity index (χ0n) is 15.7. The number of rotatable bonds is 8. The van der Waals surface area contributed by atoms with Gasteiger partial charge in [-0.1, -0.05) is 23.9 Å². The molecule has 0 saturated carbocycles. The average Bonchev–Trinajstić information content (AvgIpc) is 3.07. The normalized spacial score (nSPS) is 10.8. The first kappa shape index (κ1) is 20.2. The maximum Gasteiger partial charge on any atom is 0.313 e. The predicted molar refractivity (Wildman–Crippen MR) is 109 cm³/mol. The summed E-state index contributed by atoms with van der Waals surface area (Å²) < 4.78 is 11.0. The molecule has 0 atom stereocenters.